The second-order valence-corrected chi connectivity index (χ2v) is 6.09. The molecular weight excluding hydrogens is 290 g/mol. The van der Waals surface area contributed by atoms with E-state index in [4.69, 9.17) is 11.6 Å². The van der Waals surface area contributed by atoms with Crippen molar-refractivity contribution in [1.29, 1.82) is 0 Å². The van der Waals surface area contributed by atoms with Crippen molar-refractivity contribution in [1.82, 2.24) is 14.9 Å². The summed E-state index contributed by atoms with van der Waals surface area (Å²) < 4.78 is 0. The molecule has 0 aliphatic rings. The predicted octanol–water partition coefficient (Wildman–Crippen LogP) is 2.67. The van der Waals surface area contributed by atoms with E-state index in [9.17, 15) is 4.79 Å². The van der Waals surface area contributed by atoms with Crippen molar-refractivity contribution in [2.24, 2.45) is 0 Å². The molecule has 0 saturated carbocycles. The molecule has 0 unspecified atom stereocenters. The predicted molar refractivity (Wildman–Crippen MR) is 77.3 cm³/mol. The van der Waals surface area contributed by atoms with Crippen LogP contribution in [0.1, 0.15) is 5.82 Å². The Morgan fingerprint density at radius 2 is 2.28 bits per heavy atom. The third-order valence-electron chi connectivity index (χ3n) is 2.28. The first-order valence-corrected chi connectivity index (χ1v) is 7.66. The Labute approximate surface area is 118 Å². The van der Waals surface area contributed by atoms with Crippen molar-refractivity contribution in [3.05, 3.63) is 22.4 Å². The second kappa shape index (κ2) is 5.86. The Balaban J connectivity index is 2.01. The van der Waals surface area contributed by atoms with E-state index in [1.165, 1.54) is 11.8 Å². The number of carbonyl (C=O) groups is 1. The van der Waals surface area contributed by atoms with Gasteiger partial charge in [0, 0.05) is 19.5 Å². The summed E-state index contributed by atoms with van der Waals surface area (Å²) in [7, 11) is 3.49. The minimum atomic E-state index is 0.0864. The fourth-order valence-corrected chi connectivity index (χ4v) is 3.22. The Hall–Kier alpha value is -0.850. The number of hydrogen-bond donors (Lipinski definition) is 0. The van der Waals surface area contributed by atoms with Gasteiger partial charge in [-0.2, -0.15) is 0 Å². The lowest BCUT2D eigenvalue weighted by atomic mass is 10.4. The second-order valence-electron chi connectivity index (χ2n) is 3.85. The zero-order valence-electron chi connectivity index (χ0n) is 10.0. The molecule has 0 fully saturated rings. The molecule has 4 nitrogen and oxygen atoms in total. The van der Waals surface area contributed by atoms with E-state index in [-0.39, 0.29) is 5.91 Å². The molecule has 0 aliphatic carbocycles. The van der Waals surface area contributed by atoms with Crippen molar-refractivity contribution in [2.75, 3.05) is 19.8 Å². The molecule has 18 heavy (non-hydrogen) atoms. The van der Waals surface area contributed by atoms with Crippen LogP contribution in [0.4, 0.5) is 0 Å². The van der Waals surface area contributed by atoms with Crippen LogP contribution >= 0.6 is 34.7 Å². The van der Waals surface area contributed by atoms with Gasteiger partial charge < -0.3 is 4.90 Å². The van der Waals surface area contributed by atoms with Crippen LogP contribution in [-0.2, 0) is 10.5 Å². The maximum atomic E-state index is 11.4. The molecule has 1 amide bonds. The molecule has 2 rings (SSSR count). The number of fused-ring (bicyclic) bond motifs is 1. The monoisotopic (exact) mass is 301 g/mol. The van der Waals surface area contributed by atoms with Crippen LogP contribution in [0.15, 0.2) is 11.4 Å². The third kappa shape index (κ3) is 3.13. The normalized spacial score (nSPS) is 10.8. The molecule has 2 heterocycles. The van der Waals surface area contributed by atoms with Gasteiger partial charge in [0.2, 0.25) is 5.91 Å². The molecule has 0 aromatic carbocycles. The Bertz CT molecular complexity index is 570. The highest BCUT2D eigenvalue weighted by Gasteiger charge is 2.09. The van der Waals surface area contributed by atoms with Crippen LogP contribution in [0.3, 0.4) is 0 Å². The van der Waals surface area contributed by atoms with Gasteiger partial charge in [-0.25, -0.2) is 9.97 Å². The van der Waals surface area contributed by atoms with Gasteiger partial charge in [-0.05, 0) is 11.4 Å². The van der Waals surface area contributed by atoms with Crippen LogP contribution in [0.2, 0.25) is 5.15 Å². The lowest BCUT2D eigenvalue weighted by Crippen LogP contribution is -2.23. The summed E-state index contributed by atoms with van der Waals surface area (Å²) in [6.45, 7) is 0. The molecule has 96 valence electrons. The lowest BCUT2D eigenvalue weighted by Gasteiger charge is -2.09. The van der Waals surface area contributed by atoms with E-state index in [1.807, 2.05) is 11.4 Å². The molecule has 7 heteroatoms. The Morgan fingerprint density at radius 3 is 3.00 bits per heavy atom. The maximum absolute atomic E-state index is 11.4. The fraction of sp³-hybridized carbons (Fsp3) is 0.364. The first-order chi connectivity index (χ1) is 8.58. The van der Waals surface area contributed by atoms with Gasteiger partial charge in [0.05, 0.1) is 11.5 Å². The minimum Gasteiger partial charge on any atom is -0.348 e. The quantitative estimate of drug-likeness (QED) is 0.815. The fourth-order valence-electron chi connectivity index (χ4n) is 1.28. The average Bonchev–Trinajstić information content (AvgIpc) is 2.77. The molecule has 2 aromatic heterocycles. The van der Waals surface area contributed by atoms with Crippen LogP contribution in [-0.4, -0.2) is 40.6 Å². The van der Waals surface area contributed by atoms with E-state index in [0.29, 0.717) is 22.5 Å². The lowest BCUT2D eigenvalue weighted by molar-refractivity contribution is -0.125. The summed E-state index contributed by atoms with van der Waals surface area (Å²) in [5.74, 6) is 1.78. The van der Waals surface area contributed by atoms with Crippen molar-refractivity contribution in [3.63, 3.8) is 0 Å². The van der Waals surface area contributed by atoms with Gasteiger partial charge in [0.25, 0.3) is 0 Å². The largest absolute Gasteiger partial charge is 0.348 e. The topological polar surface area (TPSA) is 46.1 Å². The number of carbonyl (C=O) groups excluding carboxylic acids is 1. The van der Waals surface area contributed by atoms with Crippen molar-refractivity contribution in [3.8, 4) is 0 Å². The summed E-state index contributed by atoms with van der Waals surface area (Å²) >= 11 is 9.10. The number of aromatic nitrogens is 2. The van der Waals surface area contributed by atoms with E-state index in [0.717, 1.165) is 10.2 Å². The summed E-state index contributed by atoms with van der Waals surface area (Å²) in [6, 6.07) is 1.91. The number of rotatable bonds is 4. The van der Waals surface area contributed by atoms with Crippen molar-refractivity contribution < 1.29 is 4.79 Å². The molecule has 0 saturated heterocycles. The summed E-state index contributed by atoms with van der Waals surface area (Å²) in [5.41, 5.74) is 0. The van der Waals surface area contributed by atoms with Crippen LogP contribution < -0.4 is 0 Å². The number of hydrogen-bond acceptors (Lipinski definition) is 5. The molecule has 0 radical (unpaired) electrons. The molecule has 0 aliphatic heterocycles. The first kappa shape index (κ1) is 13.6. The Kier molecular flexibility index (Phi) is 4.42. The molecular formula is C11H12ClN3OS2. The van der Waals surface area contributed by atoms with Gasteiger partial charge in [-0.3, -0.25) is 4.79 Å². The number of amides is 1. The minimum absolute atomic E-state index is 0.0864. The standard InChI is InChI=1S/C11H12ClN3OS2/c1-15(2)9(16)6-17-5-8-13-10(12)7-3-4-18-11(7)14-8/h3-4H,5-6H2,1-2H3. The number of thiophene rings is 1. The molecule has 0 spiro atoms. The third-order valence-corrected chi connectivity index (χ3v) is 4.29. The van der Waals surface area contributed by atoms with E-state index >= 15 is 0 Å². The molecule has 0 bridgehead atoms. The van der Waals surface area contributed by atoms with Gasteiger partial charge in [-0.1, -0.05) is 11.6 Å². The van der Waals surface area contributed by atoms with Crippen molar-refractivity contribution in [2.45, 2.75) is 5.75 Å². The number of thioether (sulfide) groups is 1. The smallest absolute Gasteiger partial charge is 0.232 e. The van der Waals surface area contributed by atoms with Gasteiger partial charge >= 0.3 is 0 Å². The highest BCUT2D eigenvalue weighted by molar-refractivity contribution is 7.99. The van der Waals surface area contributed by atoms with Gasteiger partial charge in [0.1, 0.15) is 15.8 Å². The molecule has 0 N–H and O–H groups in total. The number of nitrogens with zero attached hydrogens (tertiary/aromatic N) is 3. The highest BCUT2D eigenvalue weighted by atomic mass is 35.5. The average molecular weight is 302 g/mol. The van der Waals surface area contributed by atoms with Gasteiger partial charge in [0.15, 0.2) is 0 Å². The summed E-state index contributed by atoms with van der Waals surface area (Å²) in [5, 5.41) is 3.31. The molecule has 0 atom stereocenters. The maximum Gasteiger partial charge on any atom is 0.232 e. The zero-order valence-corrected chi connectivity index (χ0v) is 12.4. The molecule has 2 aromatic rings. The van der Waals surface area contributed by atoms with E-state index in [2.05, 4.69) is 9.97 Å². The summed E-state index contributed by atoms with van der Waals surface area (Å²) in [6.07, 6.45) is 0. The first-order valence-electron chi connectivity index (χ1n) is 5.25. The van der Waals surface area contributed by atoms with Crippen LogP contribution in [0.5, 0.6) is 0 Å². The van der Waals surface area contributed by atoms with Crippen molar-refractivity contribution >= 4 is 50.8 Å². The SMILES string of the molecule is CN(C)C(=O)CSCc1nc(Cl)c2ccsc2n1. The highest BCUT2D eigenvalue weighted by Crippen LogP contribution is 2.25. The number of halogens is 1. The van der Waals surface area contributed by atoms with Gasteiger partial charge in [-0.15, -0.1) is 23.1 Å². The zero-order chi connectivity index (χ0) is 13.1. The Morgan fingerprint density at radius 1 is 1.50 bits per heavy atom. The van der Waals surface area contributed by atoms with Crippen LogP contribution in [0.25, 0.3) is 10.2 Å². The van der Waals surface area contributed by atoms with Crippen LogP contribution in [0, 0.1) is 0 Å². The van der Waals surface area contributed by atoms with E-state index in [1.54, 1.807) is 30.3 Å². The van der Waals surface area contributed by atoms with E-state index < -0.39 is 0 Å². The summed E-state index contributed by atoms with van der Waals surface area (Å²) in [4.78, 5) is 22.5.